The highest BCUT2D eigenvalue weighted by Crippen LogP contribution is 2.34. The van der Waals surface area contributed by atoms with Gasteiger partial charge in [-0.25, -0.2) is 0 Å². The molecule has 30 heavy (non-hydrogen) atoms. The Labute approximate surface area is 171 Å². The lowest BCUT2D eigenvalue weighted by Gasteiger charge is -2.18. The first kappa shape index (κ1) is 20.2. The zero-order chi connectivity index (χ0) is 21.3. The fraction of sp³-hybridized carbons (Fsp3) is 0.286. The summed E-state index contributed by atoms with van der Waals surface area (Å²) in [6.45, 7) is 2.63. The molecule has 4 rings (SSSR count). The Morgan fingerprint density at radius 3 is 2.57 bits per heavy atom. The molecule has 0 unspecified atom stereocenters. The summed E-state index contributed by atoms with van der Waals surface area (Å²) in [6, 6.07) is 12.7. The molecule has 0 fully saturated rings. The molecule has 9 heteroatoms. The van der Waals surface area contributed by atoms with Crippen LogP contribution in [0.25, 0.3) is 5.69 Å². The van der Waals surface area contributed by atoms with Crippen LogP contribution in [0.1, 0.15) is 41.7 Å². The van der Waals surface area contributed by atoms with Crippen LogP contribution >= 0.6 is 0 Å². The quantitative estimate of drug-likeness (QED) is 0.633. The molecule has 0 bridgehead atoms. The summed E-state index contributed by atoms with van der Waals surface area (Å²) >= 11 is 0. The topological polar surface area (TPSA) is 66.5 Å². The normalized spacial score (nSPS) is 13.6. The Morgan fingerprint density at radius 1 is 1.10 bits per heavy atom. The van der Waals surface area contributed by atoms with E-state index in [0.717, 1.165) is 23.6 Å². The predicted octanol–water partition coefficient (Wildman–Crippen LogP) is 4.24. The van der Waals surface area contributed by atoms with E-state index < -0.39 is 11.7 Å². The lowest BCUT2D eigenvalue weighted by molar-refractivity contribution is -0.137. The van der Waals surface area contributed by atoms with Gasteiger partial charge in [0.25, 0.3) is 0 Å². The zero-order valence-electron chi connectivity index (χ0n) is 16.3. The number of benzene rings is 2. The van der Waals surface area contributed by atoms with Crippen LogP contribution in [0, 0.1) is 0 Å². The Hall–Kier alpha value is -3.04. The Kier molecular flexibility index (Phi) is 5.40. The van der Waals surface area contributed by atoms with E-state index in [4.69, 9.17) is 0 Å². The molecule has 0 spiro atoms. The van der Waals surface area contributed by atoms with Crippen molar-refractivity contribution in [3.63, 3.8) is 0 Å². The molecule has 1 aliphatic heterocycles. The lowest BCUT2D eigenvalue weighted by Crippen LogP contribution is -2.22. The van der Waals surface area contributed by atoms with E-state index in [1.54, 1.807) is 4.57 Å². The molecule has 0 aliphatic carbocycles. The number of hydrogen-bond donors (Lipinski definition) is 1. The van der Waals surface area contributed by atoms with Crippen LogP contribution in [0.4, 0.5) is 13.2 Å². The van der Waals surface area contributed by atoms with Gasteiger partial charge in [-0.3, -0.25) is 9.56 Å². The number of nitrogens with zero attached hydrogens (tertiary/aromatic N) is 5. The number of aromatic nitrogens is 3. The van der Waals surface area contributed by atoms with E-state index >= 15 is 0 Å². The summed E-state index contributed by atoms with van der Waals surface area (Å²) in [5.41, 5.74) is 1.27. The van der Waals surface area contributed by atoms with E-state index in [2.05, 4.69) is 15.2 Å². The van der Waals surface area contributed by atoms with Crippen molar-refractivity contribution >= 4 is 5.71 Å². The summed E-state index contributed by atoms with van der Waals surface area (Å²) in [7, 11) is 0. The maximum atomic E-state index is 13.4. The molecule has 156 valence electrons. The predicted molar refractivity (Wildman–Crippen MR) is 105 cm³/mol. The molecule has 2 aromatic carbocycles. The van der Waals surface area contributed by atoms with Gasteiger partial charge in [-0.15, -0.1) is 10.2 Å². The van der Waals surface area contributed by atoms with E-state index in [-0.39, 0.29) is 13.1 Å². The van der Waals surface area contributed by atoms with Gasteiger partial charge in [-0.2, -0.15) is 18.2 Å². The van der Waals surface area contributed by atoms with Crippen LogP contribution in [-0.4, -0.2) is 37.3 Å². The number of hydrogen-bond acceptors (Lipinski definition) is 5. The molecule has 1 aliphatic rings. The minimum absolute atomic E-state index is 0.0992. The largest absolute Gasteiger partial charge is 0.416 e. The fourth-order valence-corrected chi connectivity index (χ4v) is 3.51. The minimum atomic E-state index is -4.48. The standard InChI is InChI=1S/C21H20F3N5O/c1-2-10-28(30)13-19-27-26-18-12-25-20(14-6-4-3-5-7-14)16-11-15(21(22,23)24)8-9-17(16)29(18)19/h3-9,11,30H,2,10,12-13H2,1H3. The average Bonchev–Trinajstić information content (AvgIpc) is 3.02. The van der Waals surface area contributed by atoms with Gasteiger partial charge in [0.2, 0.25) is 0 Å². The van der Waals surface area contributed by atoms with Crippen LogP contribution in [-0.2, 0) is 19.3 Å². The van der Waals surface area contributed by atoms with Crippen LogP contribution in [0.3, 0.4) is 0 Å². The second-order valence-electron chi connectivity index (χ2n) is 7.02. The maximum Gasteiger partial charge on any atom is 0.416 e. The average molecular weight is 415 g/mol. The number of halogens is 3. The van der Waals surface area contributed by atoms with E-state index in [1.807, 2.05) is 37.3 Å². The highest BCUT2D eigenvalue weighted by molar-refractivity contribution is 6.15. The van der Waals surface area contributed by atoms with Gasteiger partial charge in [0.15, 0.2) is 11.6 Å². The van der Waals surface area contributed by atoms with Crippen LogP contribution in [0.5, 0.6) is 0 Å². The van der Waals surface area contributed by atoms with Crippen LogP contribution in [0.2, 0.25) is 0 Å². The van der Waals surface area contributed by atoms with Crippen molar-refractivity contribution in [2.45, 2.75) is 32.6 Å². The Morgan fingerprint density at radius 2 is 1.87 bits per heavy atom. The van der Waals surface area contributed by atoms with Crippen molar-refractivity contribution in [2.75, 3.05) is 6.54 Å². The third kappa shape index (κ3) is 3.86. The molecule has 0 saturated carbocycles. The van der Waals surface area contributed by atoms with Gasteiger partial charge in [0.1, 0.15) is 6.54 Å². The molecule has 6 nitrogen and oxygen atoms in total. The molecule has 3 aromatic rings. The van der Waals surface area contributed by atoms with Crippen molar-refractivity contribution < 1.29 is 18.4 Å². The highest BCUT2D eigenvalue weighted by atomic mass is 19.4. The van der Waals surface area contributed by atoms with E-state index in [0.29, 0.717) is 40.7 Å². The monoisotopic (exact) mass is 415 g/mol. The fourth-order valence-electron chi connectivity index (χ4n) is 3.51. The third-order valence-corrected chi connectivity index (χ3v) is 4.85. The maximum absolute atomic E-state index is 13.4. The zero-order valence-corrected chi connectivity index (χ0v) is 16.3. The summed E-state index contributed by atoms with van der Waals surface area (Å²) in [6.07, 6.45) is -3.74. The third-order valence-electron chi connectivity index (χ3n) is 4.85. The van der Waals surface area contributed by atoms with Gasteiger partial charge in [-0.05, 0) is 24.6 Å². The molecule has 1 aromatic heterocycles. The Balaban J connectivity index is 1.89. The molecule has 0 atom stereocenters. The number of fused-ring (bicyclic) bond motifs is 3. The van der Waals surface area contributed by atoms with Crippen LogP contribution < -0.4 is 0 Å². The molecule has 2 heterocycles. The van der Waals surface area contributed by atoms with Crippen molar-refractivity contribution in [3.8, 4) is 5.69 Å². The molecule has 0 radical (unpaired) electrons. The van der Waals surface area contributed by atoms with Gasteiger partial charge in [0, 0.05) is 17.7 Å². The number of aliphatic imine (C=N–C) groups is 1. The second kappa shape index (κ2) is 8.00. The summed E-state index contributed by atoms with van der Waals surface area (Å²) in [4.78, 5) is 4.58. The van der Waals surface area contributed by atoms with Crippen molar-refractivity contribution in [3.05, 3.63) is 76.9 Å². The van der Waals surface area contributed by atoms with Gasteiger partial charge < -0.3 is 5.21 Å². The van der Waals surface area contributed by atoms with Crippen LogP contribution in [0.15, 0.2) is 53.5 Å². The second-order valence-corrected chi connectivity index (χ2v) is 7.02. The van der Waals surface area contributed by atoms with E-state index in [1.165, 1.54) is 6.07 Å². The SMILES string of the molecule is CCCN(O)Cc1nnc2n1-c1ccc(C(F)(F)F)cc1C(c1ccccc1)=NC2. The summed E-state index contributed by atoms with van der Waals surface area (Å²) in [5, 5.41) is 19.5. The first-order valence-corrected chi connectivity index (χ1v) is 9.57. The molecule has 1 N–H and O–H groups in total. The molecule has 0 amide bonds. The molecular weight excluding hydrogens is 395 g/mol. The number of rotatable bonds is 5. The van der Waals surface area contributed by atoms with Gasteiger partial charge in [0.05, 0.1) is 23.5 Å². The highest BCUT2D eigenvalue weighted by Gasteiger charge is 2.33. The van der Waals surface area contributed by atoms with Gasteiger partial charge >= 0.3 is 6.18 Å². The van der Waals surface area contributed by atoms with Crippen molar-refractivity contribution in [1.82, 2.24) is 19.8 Å². The van der Waals surface area contributed by atoms with Gasteiger partial charge in [-0.1, -0.05) is 37.3 Å². The number of alkyl halides is 3. The van der Waals surface area contributed by atoms with Crippen molar-refractivity contribution in [2.24, 2.45) is 4.99 Å². The molecule has 0 saturated heterocycles. The lowest BCUT2D eigenvalue weighted by atomic mass is 9.98. The first-order chi connectivity index (χ1) is 14.4. The minimum Gasteiger partial charge on any atom is -0.314 e. The summed E-state index contributed by atoms with van der Waals surface area (Å²) < 4.78 is 42.0. The van der Waals surface area contributed by atoms with E-state index in [9.17, 15) is 18.4 Å². The first-order valence-electron chi connectivity index (χ1n) is 9.57. The smallest absolute Gasteiger partial charge is 0.314 e. The Bertz CT molecular complexity index is 1080. The summed E-state index contributed by atoms with van der Waals surface area (Å²) in [5.74, 6) is 0.938. The number of hydroxylamine groups is 2. The van der Waals surface area contributed by atoms with Crippen molar-refractivity contribution in [1.29, 1.82) is 0 Å². The molecular formula is C21H20F3N5O.